The highest BCUT2D eigenvalue weighted by atomic mass is 16.6. The molecule has 0 aliphatic carbocycles. The second-order valence-electron chi connectivity index (χ2n) is 11.9. The van der Waals surface area contributed by atoms with Gasteiger partial charge in [-0.2, -0.15) is 0 Å². The highest BCUT2D eigenvalue weighted by Gasteiger charge is 2.36. The first-order chi connectivity index (χ1) is 21.2. The van der Waals surface area contributed by atoms with Gasteiger partial charge in [-0.05, 0) is 43.7 Å². The van der Waals surface area contributed by atoms with Crippen LogP contribution in [0, 0.1) is 11.8 Å². The van der Waals surface area contributed by atoms with Gasteiger partial charge in [0.2, 0.25) is 6.10 Å². The first-order valence-electron chi connectivity index (χ1n) is 14.7. The molecule has 0 saturated carbocycles. The average molecular weight is 629 g/mol. The second-order valence-corrected chi connectivity index (χ2v) is 11.9. The number of amides is 2. The minimum absolute atomic E-state index is 0.00590. The predicted molar refractivity (Wildman–Crippen MR) is 163 cm³/mol. The molecule has 0 heterocycles. The molecule has 45 heavy (non-hydrogen) atoms. The van der Waals surface area contributed by atoms with E-state index in [4.69, 9.17) is 23.7 Å². The number of hydrogen-bond donors (Lipinski definition) is 2. The number of carbonyl (C=O) groups excluding carboxylic acids is 5. The Kier molecular flexibility index (Phi) is 14.3. The number of benzene rings is 2. The molecule has 2 N–H and O–H groups in total. The smallest absolute Gasteiger partial charge is 0.408 e. The molecular weight excluding hydrogens is 584 g/mol. The van der Waals surface area contributed by atoms with Crippen LogP contribution in [0.5, 0.6) is 0 Å². The van der Waals surface area contributed by atoms with Gasteiger partial charge in [-0.15, -0.1) is 0 Å². The lowest BCUT2D eigenvalue weighted by molar-refractivity contribution is -0.183. The maximum absolute atomic E-state index is 13.2. The van der Waals surface area contributed by atoms with Gasteiger partial charge in [-0.3, -0.25) is 0 Å². The zero-order chi connectivity index (χ0) is 33.6. The Morgan fingerprint density at radius 3 is 1.44 bits per heavy atom. The Bertz CT molecular complexity index is 1260. The van der Waals surface area contributed by atoms with Crippen molar-refractivity contribution >= 4 is 30.1 Å². The van der Waals surface area contributed by atoms with Gasteiger partial charge >= 0.3 is 30.1 Å². The summed E-state index contributed by atoms with van der Waals surface area (Å²) in [6.45, 7) is 10.8. The molecule has 1 unspecified atom stereocenters. The quantitative estimate of drug-likeness (QED) is 0.222. The van der Waals surface area contributed by atoms with Crippen LogP contribution in [0.4, 0.5) is 9.59 Å². The summed E-state index contributed by atoms with van der Waals surface area (Å²) in [5.74, 6) is -3.68. The lowest BCUT2D eigenvalue weighted by Crippen LogP contribution is -2.49. The fourth-order valence-electron chi connectivity index (χ4n) is 3.76. The topological polar surface area (TPSA) is 156 Å². The maximum Gasteiger partial charge on any atom is 0.408 e. The fraction of sp³-hybridized carbons (Fsp3) is 0.485. The van der Waals surface area contributed by atoms with Crippen LogP contribution in [0.2, 0.25) is 0 Å². The molecule has 12 nitrogen and oxygen atoms in total. The SMILES string of the molecule is CC(C)[C@H](NC(=O)OCc1ccccc1)C(=O)OCC(OC(=O)[C@@H](NC(=O)OCc1ccccc1)C(C)C)C(=O)OC(C)(C)C. The average Bonchev–Trinajstić information content (AvgIpc) is 2.98. The van der Waals surface area contributed by atoms with E-state index < -0.39 is 72.3 Å². The third kappa shape index (κ3) is 13.7. The van der Waals surface area contributed by atoms with Crippen LogP contribution in [0.15, 0.2) is 60.7 Å². The van der Waals surface area contributed by atoms with Gasteiger partial charge in [0.05, 0.1) is 0 Å². The lowest BCUT2D eigenvalue weighted by atomic mass is 10.0. The minimum atomic E-state index is -1.66. The summed E-state index contributed by atoms with van der Waals surface area (Å²) in [6, 6.07) is 15.7. The van der Waals surface area contributed by atoms with E-state index in [1.807, 2.05) is 12.1 Å². The Labute approximate surface area is 264 Å². The summed E-state index contributed by atoms with van der Waals surface area (Å²) < 4.78 is 26.6. The van der Waals surface area contributed by atoms with Gasteiger partial charge in [0.25, 0.3) is 0 Å². The number of rotatable bonds is 14. The summed E-state index contributed by atoms with van der Waals surface area (Å²) in [4.78, 5) is 64.1. The third-order valence-corrected chi connectivity index (χ3v) is 6.12. The summed E-state index contributed by atoms with van der Waals surface area (Å²) in [5, 5.41) is 4.94. The highest BCUT2D eigenvalue weighted by molar-refractivity contribution is 5.86. The monoisotopic (exact) mass is 628 g/mol. The van der Waals surface area contributed by atoms with Crippen LogP contribution in [-0.4, -0.2) is 60.5 Å². The van der Waals surface area contributed by atoms with E-state index in [-0.39, 0.29) is 13.2 Å². The molecular formula is C33H44N2O10. The second kappa shape index (κ2) is 17.6. The molecule has 246 valence electrons. The number of nitrogens with one attached hydrogen (secondary N) is 2. The lowest BCUT2D eigenvalue weighted by Gasteiger charge is -2.27. The van der Waals surface area contributed by atoms with Gasteiger partial charge in [0.15, 0.2) is 0 Å². The zero-order valence-electron chi connectivity index (χ0n) is 26.9. The van der Waals surface area contributed by atoms with Crippen molar-refractivity contribution in [2.75, 3.05) is 6.61 Å². The molecule has 0 bridgehead atoms. The van der Waals surface area contributed by atoms with Crippen molar-refractivity contribution in [2.45, 2.75) is 85.5 Å². The minimum Gasteiger partial charge on any atom is -0.460 e. The van der Waals surface area contributed by atoms with E-state index in [1.54, 1.807) is 97.0 Å². The van der Waals surface area contributed by atoms with E-state index in [0.717, 1.165) is 11.1 Å². The van der Waals surface area contributed by atoms with Crippen LogP contribution in [0.3, 0.4) is 0 Å². The zero-order valence-corrected chi connectivity index (χ0v) is 26.9. The maximum atomic E-state index is 13.2. The molecule has 0 spiro atoms. The number of alkyl carbamates (subject to hydrolysis) is 2. The van der Waals surface area contributed by atoms with Gasteiger partial charge in [0, 0.05) is 0 Å². The van der Waals surface area contributed by atoms with Gasteiger partial charge < -0.3 is 34.3 Å². The Morgan fingerprint density at radius 1 is 0.622 bits per heavy atom. The van der Waals surface area contributed by atoms with E-state index in [1.165, 1.54) is 0 Å². The molecule has 0 aliphatic rings. The molecule has 3 atom stereocenters. The molecule has 2 amide bonds. The van der Waals surface area contributed by atoms with E-state index >= 15 is 0 Å². The Balaban J connectivity index is 2.06. The predicted octanol–water partition coefficient (Wildman–Crippen LogP) is 4.69. The number of ether oxygens (including phenoxy) is 5. The van der Waals surface area contributed by atoms with E-state index in [0.29, 0.717) is 0 Å². The van der Waals surface area contributed by atoms with Crippen molar-refractivity contribution in [3.05, 3.63) is 71.8 Å². The van der Waals surface area contributed by atoms with Gasteiger partial charge in [-0.25, -0.2) is 24.0 Å². The molecule has 2 rings (SSSR count). The van der Waals surface area contributed by atoms with Crippen molar-refractivity contribution in [2.24, 2.45) is 11.8 Å². The standard InChI is InChI=1S/C33H44N2O10/c1-21(2)26(34-31(39)42-18-23-14-10-8-11-15-23)29(37)41-20-25(28(36)45-33(5,6)7)44-30(38)27(22(3)4)35-32(40)43-19-24-16-12-9-13-17-24/h8-17,21-22,25-27H,18-20H2,1-7H3,(H,34,39)(H,35,40)/t25?,26-,27-/m0/s1. The van der Waals surface area contributed by atoms with Crippen molar-refractivity contribution in [3.8, 4) is 0 Å². The first kappa shape index (κ1) is 36.6. The first-order valence-corrected chi connectivity index (χ1v) is 14.7. The Hall–Kier alpha value is -4.61. The van der Waals surface area contributed by atoms with E-state index in [2.05, 4.69) is 10.6 Å². The molecule has 2 aromatic rings. The third-order valence-electron chi connectivity index (χ3n) is 6.12. The van der Waals surface area contributed by atoms with Crippen LogP contribution in [0.25, 0.3) is 0 Å². The van der Waals surface area contributed by atoms with Crippen molar-refractivity contribution in [1.82, 2.24) is 10.6 Å². The molecule has 0 radical (unpaired) electrons. The molecule has 0 fully saturated rings. The van der Waals surface area contributed by atoms with Gasteiger partial charge in [0.1, 0.15) is 37.5 Å². The molecule has 2 aromatic carbocycles. The van der Waals surface area contributed by atoms with Crippen LogP contribution < -0.4 is 10.6 Å². The molecule has 0 saturated heterocycles. The Morgan fingerprint density at radius 2 is 1.04 bits per heavy atom. The van der Waals surface area contributed by atoms with Crippen LogP contribution in [0.1, 0.15) is 59.6 Å². The highest BCUT2D eigenvalue weighted by Crippen LogP contribution is 2.14. The normalized spacial score (nSPS) is 13.2. The largest absolute Gasteiger partial charge is 0.460 e. The van der Waals surface area contributed by atoms with Crippen molar-refractivity contribution in [3.63, 3.8) is 0 Å². The molecule has 0 aromatic heterocycles. The molecule has 0 aliphatic heterocycles. The summed E-state index contributed by atoms with van der Waals surface area (Å²) >= 11 is 0. The van der Waals surface area contributed by atoms with E-state index in [9.17, 15) is 24.0 Å². The summed E-state index contributed by atoms with van der Waals surface area (Å²) in [7, 11) is 0. The van der Waals surface area contributed by atoms with Crippen LogP contribution in [-0.2, 0) is 51.3 Å². The number of carbonyl (C=O) groups is 5. The van der Waals surface area contributed by atoms with Crippen LogP contribution >= 0.6 is 0 Å². The fourth-order valence-corrected chi connectivity index (χ4v) is 3.76. The molecule has 12 heteroatoms. The van der Waals surface area contributed by atoms with Crippen molar-refractivity contribution in [1.29, 1.82) is 0 Å². The summed E-state index contributed by atoms with van der Waals surface area (Å²) in [6.07, 6.45) is -3.36. The summed E-state index contributed by atoms with van der Waals surface area (Å²) in [5.41, 5.74) is 0.562. The van der Waals surface area contributed by atoms with Gasteiger partial charge in [-0.1, -0.05) is 88.4 Å². The number of esters is 3. The van der Waals surface area contributed by atoms with Crippen molar-refractivity contribution < 1.29 is 47.7 Å². The number of hydrogen-bond acceptors (Lipinski definition) is 10.